The van der Waals surface area contributed by atoms with Crippen LogP contribution in [0.5, 0.6) is 5.75 Å². The Balaban J connectivity index is 2.64. The predicted molar refractivity (Wildman–Crippen MR) is 54.2 cm³/mol. The molecule has 1 heterocycles. The number of halogens is 1. The monoisotopic (exact) mass is 211 g/mol. The molecule has 0 amide bonds. The Kier molecular flexibility index (Phi) is 2.20. The van der Waals surface area contributed by atoms with Gasteiger partial charge in [-0.25, -0.2) is 4.98 Å². The molecule has 0 aliphatic heterocycles. The zero-order chi connectivity index (χ0) is 9.26. The molecule has 0 aliphatic carbocycles. The molecule has 0 saturated carbocycles. The normalized spacial score (nSPS) is 10.2. The van der Waals surface area contributed by atoms with Gasteiger partial charge >= 0.3 is 0 Å². The highest BCUT2D eigenvalue weighted by molar-refractivity contribution is 7.07. The highest BCUT2D eigenvalue weighted by Gasteiger charge is 2.09. The van der Waals surface area contributed by atoms with Crippen LogP contribution in [0.4, 0.5) is 0 Å². The van der Waals surface area contributed by atoms with Crippen LogP contribution in [0, 0.1) is 0 Å². The van der Waals surface area contributed by atoms with Crippen molar-refractivity contribution in [1.82, 2.24) is 4.98 Å². The van der Waals surface area contributed by atoms with Crippen LogP contribution >= 0.6 is 22.9 Å². The largest absolute Gasteiger partial charge is 0.507 e. The lowest BCUT2D eigenvalue weighted by atomic mass is 10.1. The van der Waals surface area contributed by atoms with Crippen LogP contribution in [-0.4, -0.2) is 10.1 Å². The highest BCUT2D eigenvalue weighted by Crippen LogP contribution is 2.34. The molecule has 0 spiro atoms. The van der Waals surface area contributed by atoms with Crippen LogP contribution in [0.3, 0.4) is 0 Å². The number of hydrogen-bond acceptors (Lipinski definition) is 3. The average Bonchev–Trinajstić information content (AvgIpc) is 2.57. The minimum absolute atomic E-state index is 0.165. The van der Waals surface area contributed by atoms with Crippen molar-refractivity contribution in [3.63, 3.8) is 0 Å². The van der Waals surface area contributed by atoms with Crippen molar-refractivity contribution in [2.24, 2.45) is 0 Å². The number of aromatic hydroxyl groups is 1. The van der Waals surface area contributed by atoms with E-state index in [2.05, 4.69) is 4.98 Å². The molecule has 66 valence electrons. The van der Waals surface area contributed by atoms with Gasteiger partial charge in [0.1, 0.15) is 5.75 Å². The lowest BCUT2D eigenvalue weighted by molar-refractivity contribution is 0.477. The summed E-state index contributed by atoms with van der Waals surface area (Å²) in [7, 11) is 0. The lowest BCUT2D eigenvalue weighted by Crippen LogP contribution is -1.79. The molecular weight excluding hydrogens is 206 g/mol. The molecule has 0 unspecified atom stereocenters. The zero-order valence-electron chi connectivity index (χ0n) is 6.57. The maximum absolute atomic E-state index is 9.54. The van der Waals surface area contributed by atoms with Crippen LogP contribution < -0.4 is 0 Å². The molecule has 0 saturated heterocycles. The van der Waals surface area contributed by atoms with Crippen LogP contribution in [0.2, 0.25) is 5.02 Å². The second-order valence-electron chi connectivity index (χ2n) is 2.51. The Morgan fingerprint density at radius 3 is 2.85 bits per heavy atom. The summed E-state index contributed by atoms with van der Waals surface area (Å²) in [5.41, 5.74) is 3.02. The molecule has 2 rings (SSSR count). The Bertz CT molecular complexity index is 393. The SMILES string of the molecule is Oc1cccc(Cl)c1-c1cscn1. The summed E-state index contributed by atoms with van der Waals surface area (Å²) in [5, 5.41) is 11.9. The Labute approximate surface area is 84.4 Å². The maximum atomic E-state index is 9.54. The van der Waals surface area contributed by atoms with E-state index >= 15 is 0 Å². The summed E-state index contributed by atoms with van der Waals surface area (Å²) in [6.45, 7) is 0. The lowest BCUT2D eigenvalue weighted by Gasteiger charge is -2.02. The second-order valence-corrected chi connectivity index (χ2v) is 3.63. The minimum Gasteiger partial charge on any atom is -0.507 e. The molecule has 1 aromatic carbocycles. The smallest absolute Gasteiger partial charge is 0.126 e. The van der Waals surface area contributed by atoms with Crippen LogP contribution in [-0.2, 0) is 0 Å². The fourth-order valence-electron chi connectivity index (χ4n) is 1.10. The van der Waals surface area contributed by atoms with Gasteiger partial charge in [-0.2, -0.15) is 0 Å². The third-order valence-corrected chi connectivity index (χ3v) is 2.58. The number of hydrogen-bond donors (Lipinski definition) is 1. The van der Waals surface area contributed by atoms with Crippen molar-refractivity contribution in [3.05, 3.63) is 34.1 Å². The fraction of sp³-hybridized carbons (Fsp3) is 0. The first-order chi connectivity index (χ1) is 6.29. The molecule has 2 nitrogen and oxygen atoms in total. The first-order valence-electron chi connectivity index (χ1n) is 3.65. The Morgan fingerprint density at radius 2 is 2.23 bits per heavy atom. The van der Waals surface area contributed by atoms with Gasteiger partial charge in [0.05, 0.1) is 21.8 Å². The van der Waals surface area contributed by atoms with Gasteiger partial charge in [-0.3, -0.25) is 0 Å². The third-order valence-electron chi connectivity index (χ3n) is 1.68. The standard InChI is InChI=1S/C9H6ClNOS/c10-6-2-1-3-8(12)9(6)7-4-13-5-11-7/h1-5,12H. The summed E-state index contributed by atoms with van der Waals surface area (Å²) in [4.78, 5) is 4.08. The molecule has 1 aromatic heterocycles. The molecular formula is C9H6ClNOS. The van der Waals surface area contributed by atoms with Crippen molar-refractivity contribution in [2.45, 2.75) is 0 Å². The molecule has 0 bridgehead atoms. The van der Waals surface area contributed by atoms with Crippen molar-refractivity contribution >= 4 is 22.9 Å². The molecule has 0 fully saturated rings. The summed E-state index contributed by atoms with van der Waals surface area (Å²) < 4.78 is 0. The van der Waals surface area contributed by atoms with Gasteiger partial charge in [-0.05, 0) is 12.1 Å². The van der Waals surface area contributed by atoms with Gasteiger partial charge in [0.25, 0.3) is 0 Å². The van der Waals surface area contributed by atoms with Crippen molar-refractivity contribution in [2.75, 3.05) is 0 Å². The average molecular weight is 212 g/mol. The van der Waals surface area contributed by atoms with E-state index in [4.69, 9.17) is 11.6 Å². The van der Waals surface area contributed by atoms with Gasteiger partial charge < -0.3 is 5.11 Å². The fourth-order valence-corrected chi connectivity index (χ4v) is 1.91. The van der Waals surface area contributed by atoms with Gasteiger partial charge in [0, 0.05) is 5.38 Å². The summed E-state index contributed by atoms with van der Waals surface area (Å²) in [6, 6.07) is 5.03. The van der Waals surface area contributed by atoms with E-state index in [1.54, 1.807) is 23.7 Å². The highest BCUT2D eigenvalue weighted by atomic mass is 35.5. The number of nitrogens with zero attached hydrogens (tertiary/aromatic N) is 1. The van der Waals surface area contributed by atoms with E-state index in [-0.39, 0.29) is 5.75 Å². The summed E-state index contributed by atoms with van der Waals surface area (Å²) >= 11 is 7.40. The third kappa shape index (κ3) is 1.53. The van der Waals surface area contributed by atoms with Crippen molar-refractivity contribution < 1.29 is 5.11 Å². The van der Waals surface area contributed by atoms with Gasteiger partial charge in [0.2, 0.25) is 0 Å². The van der Waals surface area contributed by atoms with E-state index in [1.807, 2.05) is 5.38 Å². The van der Waals surface area contributed by atoms with Crippen LogP contribution in [0.15, 0.2) is 29.1 Å². The van der Waals surface area contributed by atoms with E-state index in [0.717, 1.165) is 0 Å². The predicted octanol–water partition coefficient (Wildman–Crippen LogP) is 3.17. The van der Waals surface area contributed by atoms with Crippen LogP contribution in [0.25, 0.3) is 11.3 Å². The zero-order valence-corrected chi connectivity index (χ0v) is 8.14. The van der Waals surface area contributed by atoms with Crippen molar-refractivity contribution in [1.29, 1.82) is 0 Å². The molecule has 13 heavy (non-hydrogen) atoms. The van der Waals surface area contributed by atoms with Crippen molar-refractivity contribution in [3.8, 4) is 17.0 Å². The van der Waals surface area contributed by atoms with Gasteiger partial charge in [-0.15, -0.1) is 11.3 Å². The first-order valence-corrected chi connectivity index (χ1v) is 4.97. The van der Waals surface area contributed by atoms with Gasteiger partial charge in [-0.1, -0.05) is 17.7 Å². The molecule has 4 heteroatoms. The topological polar surface area (TPSA) is 33.1 Å². The molecule has 0 radical (unpaired) electrons. The van der Waals surface area contributed by atoms with E-state index < -0.39 is 0 Å². The second kappa shape index (κ2) is 3.36. The van der Waals surface area contributed by atoms with Crippen LogP contribution in [0.1, 0.15) is 0 Å². The minimum atomic E-state index is 0.165. The number of thiazole rings is 1. The van der Waals surface area contributed by atoms with E-state index in [0.29, 0.717) is 16.3 Å². The Morgan fingerprint density at radius 1 is 1.38 bits per heavy atom. The van der Waals surface area contributed by atoms with E-state index in [1.165, 1.54) is 11.3 Å². The number of aromatic nitrogens is 1. The number of rotatable bonds is 1. The Hall–Kier alpha value is -1.06. The first kappa shape index (κ1) is 8.53. The molecule has 2 aromatic rings. The number of phenols is 1. The molecule has 0 aliphatic rings. The summed E-state index contributed by atoms with van der Waals surface area (Å²) in [5.74, 6) is 0.165. The summed E-state index contributed by atoms with van der Waals surface area (Å²) in [6.07, 6.45) is 0. The number of phenolic OH excluding ortho intramolecular Hbond substituents is 1. The van der Waals surface area contributed by atoms with E-state index in [9.17, 15) is 5.11 Å². The number of benzene rings is 1. The van der Waals surface area contributed by atoms with Gasteiger partial charge in [0.15, 0.2) is 0 Å². The molecule has 0 atom stereocenters. The quantitative estimate of drug-likeness (QED) is 0.786. The maximum Gasteiger partial charge on any atom is 0.126 e. The molecule has 1 N–H and O–H groups in total.